The Morgan fingerprint density at radius 3 is 2.86 bits per heavy atom. The van der Waals surface area contributed by atoms with Crippen LogP contribution in [-0.4, -0.2) is 19.7 Å². The van der Waals surface area contributed by atoms with Gasteiger partial charge in [0.2, 0.25) is 0 Å². The number of aryl methyl sites for hydroxylation is 1. The fourth-order valence-corrected chi connectivity index (χ4v) is 2.19. The third kappa shape index (κ3) is 2.53. The van der Waals surface area contributed by atoms with E-state index in [0.717, 1.165) is 11.1 Å². The number of hydrogen-bond donors (Lipinski definition) is 1. The maximum absolute atomic E-state index is 11.2. The van der Waals surface area contributed by atoms with Gasteiger partial charge in [-0.1, -0.05) is 18.2 Å². The average molecular weight is 283 g/mol. The van der Waals surface area contributed by atoms with E-state index >= 15 is 0 Å². The fraction of sp³-hybridized carbons (Fsp3) is 0.143. The molecule has 1 N–H and O–H groups in total. The molecule has 0 aliphatic heterocycles. The molecule has 0 unspecified atom stereocenters. The molecular formula is C14H13N5O2. The van der Waals surface area contributed by atoms with Gasteiger partial charge in [0, 0.05) is 18.6 Å². The van der Waals surface area contributed by atoms with E-state index in [-0.39, 0.29) is 5.69 Å². The molecule has 0 bridgehead atoms. The van der Waals surface area contributed by atoms with Gasteiger partial charge in [0.25, 0.3) is 0 Å². The van der Waals surface area contributed by atoms with Crippen molar-refractivity contribution in [2.75, 3.05) is 5.32 Å². The molecule has 2 heterocycles. The van der Waals surface area contributed by atoms with Crippen molar-refractivity contribution in [1.82, 2.24) is 14.8 Å². The van der Waals surface area contributed by atoms with Crippen molar-refractivity contribution in [3.05, 3.63) is 58.5 Å². The van der Waals surface area contributed by atoms with Gasteiger partial charge in [0.15, 0.2) is 0 Å². The summed E-state index contributed by atoms with van der Waals surface area (Å²) in [6, 6.07) is 9.19. The molecule has 3 aromatic rings. The highest BCUT2D eigenvalue weighted by atomic mass is 16.6. The van der Waals surface area contributed by atoms with Crippen LogP contribution in [0.15, 0.2) is 42.7 Å². The van der Waals surface area contributed by atoms with E-state index in [1.807, 2.05) is 43.6 Å². The van der Waals surface area contributed by atoms with Crippen molar-refractivity contribution in [2.24, 2.45) is 7.05 Å². The summed E-state index contributed by atoms with van der Waals surface area (Å²) >= 11 is 0. The topological polar surface area (TPSA) is 85.9 Å². The van der Waals surface area contributed by atoms with Crippen LogP contribution in [0, 0.1) is 10.1 Å². The Morgan fingerprint density at radius 1 is 1.33 bits per heavy atom. The van der Waals surface area contributed by atoms with E-state index in [2.05, 4.69) is 15.4 Å². The maximum Gasteiger partial charge on any atom is 0.311 e. The fourth-order valence-electron chi connectivity index (χ4n) is 2.19. The van der Waals surface area contributed by atoms with Gasteiger partial charge in [-0.25, -0.2) is 4.98 Å². The van der Waals surface area contributed by atoms with Crippen LogP contribution >= 0.6 is 0 Å². The summed E-state index contributed by atoms with van der Waals surface area (Å²) in [6.07, 6.45) is 3.11. The van der Waals surface area contributed by atoms with E-state index in [1.54, 1.807) is 4.68 Å². The molecule has 106 valence electrons. The predicted octanol–water partition coefficient (Wildman–Crippen LogP) is 2.49. The van der Waals surface area contributed by atoms with Gasteiger partial charge < -0.3 is 5.32 Å². The molecule has 7 heteroatoms. The van der Waals surface area contributed by atoms with Gasteiger partial charge in [-0.05, 0) is 12.1 Å². The summed E-state index contributed by atoms with van der Waals surface area (Å²) < 4.78 is 1.69. The van der Waals surface area contributed by atoms with Crippen LogP contribution in [0.1, 0.15) is 5.69 Å². The van der Waals surface area contributed by atoms with Crippen LogP contribution < -0.4 is 5.32 Å². The molecule has 21 heavy (non-hydrogen) atoms. The largest absolute Gasteiger partial charge is 0.373 e. The number of aromatic nitrogens is 3. The summed E-state index contributed by atoms with van der Waals surface area (Å²) in [4.78, 5) is 14.9. The molecule has 0 saturated carbocycles. The molecule has 0 atom stereocenters. The highest BCUT2D eigenvalue weighted by molar-refractivity contribution is 5.95. The minimum atomic E-state index is -0.430. The van der Waals surface area contributed by atoms with Gasteiger partial charge >= 0.3 is 5.69 Å². The first kappa shape index (κ1) is 13.0. The number of anilines is 1. The Bertz CT molecular complexity index is 812. The molecule has 0 fully saturated rings. The van der Waals surface area contributed by atoms with Gasteiger partial charge in [0.1, 0.15) is 11.9 Å². The van der Waals surface area contributed by atoms with Crippen LogP contribution in [-0.2, 0) is 13.6 Å². The lowest BCUT2D eigenvalue weighted by molar-refractivity contribution is -0.384. The van der Waals surface area contributed by atoms with Crippen molar-refractivity contribution < 1.29 is 4.92 Å². The Hall–Kier alpha value is -2.96. The third-order valence-corrected chi connectivity index (χ3v) is 3.17. The van der Waals surface area contributed by atoms with Gasteiger partial charge in [-0.2, -0.15) is 5.10 Å². The zero-order valence-electron chi connectivity index (χ0n) is 11.4. The molecular weight excluding hydrogens is 270 g/mol. The lowest BCUT2D eigenvalue weighted by Gasteiger charge is -2.08. The second-order valence-corrected chi connectivity index (χ2v) is 4.63. The van der Waals surface area contributed by atoms with Crippen molar-refractivity contribution in [3.63, 3.8) is 0 Å². The number of nitrogens with one attached hydrogen (secondary N) is 1. The van der Waals surface area contributed by atoms with Crippen LogP contribution in [0.4, 0.5) is 11.4 Å². The summed E-state index contributed by atoms with van der Waals surface area (Å²) in [5.41, 5.74) is 1.96. The van der Waals surface area contributed by atoms with E-state index in [0.29, 0.717) is 17.7 Å². The molecule has 0 saturated heterocycles. The summed E-state index contributed by atoms with van der Waals surface area (Å²) in [5.74, 6) is 0. The first-order valence-electron chi connectivity index (χ1n) is 6.39. The Balaban J connectivity index is 2.01. The number of pyridine rings is 1. The van der Waals surface area contributed by atoms with Gasteiger partial charge in [0.05, 0.1) is 22.7 Å². The Morgan fingerprint density at radius 2 is 2.14 bits per heavy atom. The standard InChI is InChI=1S/C14H13N5O2/c1-18-7-6-10(17-18)8-16-14-11-4-2-3-5-12(11)15-9-13(14)19(20)21/h2-7,9H,8H2,1H3,(H,15,16). The highest BCUT2D eigenvalue weighted by Crippen LogP contribution is 2.31. The summed E-state index contributed by atoms with van der Waals surface area (Å²) in [6.45, 7) is 0.412. The van der Waals surface area contributed by atoms with Crippen molar-refractivity contribution in [2.45, 2.75) is 6.54 Å². The minimum Gasteiger partial charge on any atom is -0.373 e. The zero-order chi connectivity index (χ0) is 14.8. The normalized spacial score (nSPS) is 10.7. The van der Waals surface area contributed by atoms with Gasteiger partial charge in [-0.3, -0.25) is 14.8 Å². The molecule has 1 aromatic carbocycles. The minimum absolute atomic E-state index is 0.0374. The smallest absolute Gasteiger partial charge is 0.311 e. The molecule has 0 amide bonds. The summed E-state index contributed by atoms with van der Waals surface area (Å²) in [5, 5.41) is 19.3. The van der Waals surface area contributed by atoms with E-state index in [4.69, 9.17) is 0 Å². The monoisotopic (exact) mass is 283 g/mol. The maximum atomic E-state index is 11.2. The number of para-hydroxylation sites is 1. The van der Waals surface area contributed by atoms with Crippen LogP contribution in [0.25, 0.3) is 10.9 Å². The van der Waals surface area contributed by atoms with Crippen molar-refractivity contribution in [3.8, 4) is 0 Å². The quantitative estimate of drug-likeness (QED) is 0.587. The van der Waals surface area contributed by atoms with E-state index in [9.17, 15) is 10.1 Å². The highest BCUT2D eigenvalue weighted by Gasteiger charge is 2.17. The molecule has 0 radical (unpaired) electrons. The van der Waals surface area contributed by atoms with Crippen LogP contribution in [0.2, 0.25) is 0 Å². The van der Waals surface area contributed by atoms with Crippen molar-refractivity contribution in [1.29, 1.82) is 0 Å². The first-order valence-corrected chi connectivity index (χ1v) is 6.39. The number of benzene rings is 1. The molecule has 2 aromatic heterocycles. The second kappa shape index (κ2) is 5.20. The molecule has 3 rings (SSSR count). The lowest BCUT2D eigenvalue weighted by Crippen LogP contribution is -2.05. The molecule has 0 aliphatic rings. The van der Waals surface area contributed by atoms with E-state index < -0.39 is 4.92 Å². The predicted molar refractivity (Wildman–Crippen MR) is 78.9 cm³/mol. The SMILES string of the molecule is Cn1ccc(CNc2c([N+](=O)[O-])cnc3ccccc23)n1. The molecule has 0 aliphatic carbocycles. The first-order chi connectivity index (χ1) is 10.1. The van der Waals surface area contributed by atoms with Crippen molar-refractivity contribution >= 4 is 22.3 Å². The Kier molecular flexibility index (Phi) is 3.23. The lowest BCUT2D eigenvalue weighted by atomic mass is 10.1. The average Bonchev–Trinajstić information content (AvgIpc) is 2.90. The second-order valence-electron chi connectivity index (χ2n) is 4.63. The molecule has 7 nitrogen and oxygen atoms in total. The van der Waals surface area contributed by atoms with Crippen LogP contribution in [0.5, 0.6) is 0 Å². The number of nitro groups is 1. The number of hydrogen-bond acceptors (Lipinski definition) is 5. The van der Waals surface area contributed by atoms with Gasteiger partial charge in [-0.15, -0.1) is 0 Å². The summed E-state index contributed by atoms with van der Waals surface area (Å²) in [7, 11) is 1.83. The third-order valence-electron chi connectivity index (χ3n) is 3.17. The Labute approximate surface area is 120 Å². The van der Waals surface area contributed by atoms with E-state index in [1.165, 1.54) is 6.20 Å². The number of fused-ring (bicyclic) bond motifs is 1. The number of nitrogens with zero attached hydrogens (tertiary/aromatic N) is 4. The van der Waals surface area contributed by atoms with Crippen LogP contribution in [0.3, 0.4) is 0 Å². The molecule has 0 spiro atoms. The zero-order valence-corrected chi connectivity index (χ0v) is 11.4. The number of rotatable bonds is 4.